The maximum absolute atomic E-state index is 12.0. The zero-order valence-electron chi connectivity index (χ0n) is 12.0. The molecule has 124 valence electrons. The van der Waals surface area contributed by atoms with E-state index in [1.165, 1.54) is 22.5 Å². The smallest absolute Gasteiger partial charge is 0.271 e. The van der Waals surface area contributed by atoms with Crippen molar-refractivity contribution in [3.63, 3.8) is 0 Å². The third kappa shape index (κ3) is 4.03. The highest BCUT2D eigenvalue weighted by atomic mass is 35.5. The van der Waals surface area contributed by atoms with Gasteiger partial charge in [-0.05, 0) is 31.0 Å². The van der Waals surface area contributed by atoms with E-state index in [2.05, 4.69) is 9.44 Å². The van der Waals surface area contributed by atoms with E-state index in [0.29, 0.717) is 25.9 Å². The van der Waals surface area contributed by atoms with Crippen LogP contribution in [0.25, 0.3) is 0 Å². The molecule has 0 aliphatic carbocycles. The second kappa shape index (κ2) is 6.61. The third-order valence-corrected chi connectivity index (χ3v) is 6.37. The van der Waals surface area contributed by atoms with Gasteiger partial charge in [-0.15, -0.1) is 0 Å². The number of sulfonamides is 1. The minimum absolute atomic E-state index is 0.0668. The number of hydrogen-bond acceptors (Lipinski definition) is 4. The average Bonchev–Trinajstić information content (AvgIpc) is 2.78. The van der Waals surface area contributed by atoms with Crippen molar-refractivity contribution in [1.82, 2.24) is 4.72 Å². The van der Waals surface area contributed by atoms with Gasteiger partial charge in [0, 0.05) is 13.1 Å². The van der Waals surface area contributed by atoms with Gasteiger partial charge in [-0.1, -0.05) is 18.5 Å². The van der Waals surface area contributed by atoms with Crippen LogP contribution in [-0.4, -0.2) is 35.7 Å². The second-order valence-electron chi connectivity index (χ2n) is 4.91. The van der Waals surface area contributed by atoms with Crippen LogP contribution in [0.4, 0.5) is 11.4 Å². The van der Waals surface area contributed by atoms with E-state index < -0.39 is 20.2 Å². The maximum atomic E-state index is 12.0. The van der Waals surface area contributed by atoms with Crippen LogP contribution < -0.4 is 13.7 Å². The molecular weight excluding hydrogens is 350 g/mol. The Morgan fingerprint density at radius 3 is 2.68 bits per heavy atom. The average molecular weight is 368 g/mol. The van der Waals surface area contributed by atoms with E-state index in [1.807, 2.05) is 6.92 Å². The topological polar surface area (TPSA) is 95.6 Å². The molecule has 1 aliphatic rings. The van der Waals surface area contributed by atoms with Gasteiger partial charge in [0.05, 0.1) is 22.2 Å². The molecule has 0 saturated carbocycles. The lowest BCUT2D eigenvalue weighted by Crippen LogP contribution is -2.31. The number of rotatable bonds is 6. The molecule has 0 bridgehead atoms. The van der Waals surface area contributed by atoms with Crippen LogP contribution in [0.5, 0.6) is 0 Å². The number of nitrogens with zero attached hydrogens (tertiary/aromatic N) is 1. The molecule has 1 saturated heterocycles. The van der Waals surface area contributed by atoms with E-state index >= 15 is 0 Å². The normalized spacial score (nSPS) is 17.6. The van der Waals surface area contributed by atoms with Crippen molar-refractivity contribution in [2.24, 2.45) is 0 Å². The molecule has 0 atom stereocenters. The maximum Gasteiger partial charge on any atom is 0.299 e. The summed E-state index contributed by atoms with van der Waals surface area (Å²) in [6, 6.07) is 4.39. The number of benzene rings is 1. The molecule has 1 fully saturated rings. The lowest BCUT2D eigenvalue weighted by Gasteiger charge is -2.19. The van der Waals surface area contributed by atoms with Gasteiger partial charge < -0.3 is 0 Å². The first kappa shape index (κ1) is 17.3. The molecule has 0 unspecified atom stereocenters. The summed E-state index contributed by atoms with van der Waals surface area (Å²) in [5, 5.41) is 0.259. The van der Waals surface area contributed by atoms with E-state index in [0.717, 1.165) is 0 Å². The van der Waals surface area contributed by atoms with Crippen LogP contribution in [-0.2, 0) is 20.2 Å². The van der Waals surface area contributed by atoms with Gasteiger partial charge in [-0.3, -0.25) is 9.03 Å². The SMILES string of the molecule is CCCNS(=O)(=O)Nc1ccc(Cl)c(N2CCCS2(=O)=O)c1. The lowest BCUT2D eigenvalue weighted by atomic mass is 10.3. The predicted octanol–water partition coefficient (Wildman–Crippen LogP) is 1.54. The van der Waals surface area contributed by atoms with Crippen LogP contribution in [0.1, 0.15) is 19.8 Å². The zero-order valence-corrected chi connectivity index (χ0v) is 14.4. The number of halogens is 1. The molecular formula is C12H18ClN3O4S2. The van der Waals surface area contributed by atoms with Crippen molar-refractivity contribution in [2.75, 3.05) is 27.9 Å². The van der Waals surface area contributed by atoms with Crippen LogP contribution in [0.15, 0.2) is 18.2 Å². The quantitative estimate of drug-likeness (QED) is 0.797. The summed E-state index contributed by atoms with van der Waals surface area (Å²) >= 11 is 6.06. The number of hydrogen-bond donors (Lipinski definition) is 2. The zero-order chi connectivity index (χ0) is 16.4. The molecule has 1 aromatic carbocycles. The Balaban J connectivity index is 2.28. The van der Waals surface area contributed by atoms with Crippen molar-refractivity contribution < 1.29 is 16.8 Å². The largest absolute Gasteiger partial charge is 0.299 e. The molecule has 22 heavy (non-hydrogen) atoms. The molecule has 1 aliphatic heterocycles. The molecule has 1 heterocycles. The fourth-order valence-electron chi connectivity index (χ4n) is 2.11. The van der Waals surface area contributed by atoms with E-state index in [9.17, 15) is 16.8 Å². The first-order chi connectivity index (χ1) is 10.2. The van der Waals surface area contributed by atoms with E-state index in [4.69, 9.17) is 11.6 Å². The highest BCUT2D eigenvalue weighted by molar-refractivity contribution is 7.93. The van der Waals surface area contributed by atoms with Crippen molar-refractivity contribution in [2.45, 2.75) is 19.8 Å². The van der Waals surface area contributed by atoms with Crippen molar-refractivity contribution in [3.8, 4) is 0 Å². The first-order valence-corrected chi connectivity index (χ1v) is 10.3. The molecule has 2 rings (SSSR count). The van der Waals surface area contributed by atoms with Crippen molar-refractivity contribution in [3.05, 3.63) is 23.2 Å². The van der Waals surface area contributed by atoms with E-state index in [1.54, 1.807) is 0 Å². The van der Waals surface area contributed by atoms with Crippen molar-refractivity contribution >= 4 is 43.2 Å². The van der Waals surface area contributed by atoms with Crippen molar-refractivity contribution in [1.29, 1.82) is 0 Å². The van der Waals surface area contributed by atoms with E-state index in [-0.39, 0.29) is 22.2 Å². The summed E-state index contributed by atoms with van der Waals surface area (Å²) in [7, 11) is -7.07. The highest BCUT2D eigenvalue weighted by Gasteiger charge is 2.30. The summed E-state index contributed by atoms with van der Waals surface area (Å²) in [6.45, 7) is 2.50. The standard InChI is InChI=1S/C12H18ClN3O4S2/c1-2-6-14-22(19,20)15-10-4-5-11(13)12(9-10)16-7-3-8-21(16,17)18/h4-5,9,14-15H,2-3,6-8H2,1H3. The Hall–Kier alpha value is -1.03. The summed E-state index contributed by atoms with van der Waals surface area (Å²) < 4.78 is 53.5. The Morgan fingerprint density at radius 1 is 1.36 bits per heavy atom. The molecule has 0 radical (unpaired) electrons. The van der Waals surface area contributed by atoms with Gasteiger partial charge in [-0.2, -0.15) is 13.1 Å². The van der Waals surface area contributed by atoms with Gasteiger partial charge in [0.2, 0.25) is 10.0 Å². The Morgan fingerprint density at radius 2 is 2.09 bits per heavy atom. The summed E-state index contributed by atoms with van der Waals surface area (Å²) in [4.78, 5) is 0. The van der Waals surface area contributed by atoms with Gasteiger partial charge in [0.15, 0.2) is 0 Å². The molecule has 10 heteroatoms. The molecule has 0 aromatic heterocycles. The molecule has 0 amide bonds. The fraction of sp³-hybridized carbons (Fsp3) is 0.500. The number of anilines is 2. The minimum atomic E-state index is -3.69. The Kier molecular flexibility index (Phi) is 5.21. The third-order valence-electron chi connectivity index (χ3n) is 3.11. The van der Waals surface area contributed by atoms with Gasteiger partial charge in [-0.25, -0.2) is 8.42 Å². The molecule has 0 spiro atoms. The van der Waals surface area contributed by atoms with Crippen LogP contribution in [0, 0.1) is 0 Å². The van der Waals surface area contributed by atoms with Gasteiger partial charge in [0.1, 0.15) is 0 Å². The first-order valence-electron chi connectivity index (χ1n) is 6.82. The summed E-state index contributed by atoms with van der Waals surface area (Å²) in [5.41, 5.74) is 0.542. The molecule has 2 N–H and O–H groups in total. The monoisotopic (exact) mass is 367 g/mol. The molecule has 7 nitrogen and oxygen atoms in total. The second-order valence-corrected chi connectivity index (χ2v) is 8.83. The predicted molar refractivity (Wildman–Crippen MR) is 88.0 cm³/mol. The van der Waals surface area contributed by atoms with Gasteiger partial charge in [0.25, 0.3) is 10.2 Å². The minimum Gasteiger partial charge on any atom is -0.271 e. The van der Waals surface area contributed by atoms with Crippen LogP contribution >= 0.6 is 11.6 Å². The highest BCUT2D eigenvalue weighted by Crippen LogP contribution is 2.33. The van der Waals surface area contributed by atoms with Crippen LogP contribution in [0.2, 0.25) is 5.02 Å². The summed E-state index contributed by atoms with van der Waals surface area (Å²) in [5.74, 6) is 0.0668. The van der Waals surface area contributed by atoms with Gasteiger partial charge >= 0.3 is 0 Å². The molecule has 1 aromatic rings. The Labute approximate surface area is 135 Å². The van der Waals surface area contributed by atoms with Crippen LogP contribution in [0.3, 0.4) is 0 Å². The summed E-state index contributed by atoms with van der Waals surface area (Å²) in [6.07, 6.45) is 1.19. The Bertz CT molecular complexity index is 750. The fourth-order valence-corrected chi connectivity index (χ4v) is 4.93. The number of nitrogens with one attached hydrogen (secondary N) is 2. The lowest BCUT2D eigenvalue weighted by molar-refractivity contribution is 0.586.